The molecule has 0 bridgehead atoms. The van der Waals surface area contributed by atoms with Crippen LogP contribution in [0.5, 0.6) is 0 Å². The summed E-state index contributed by atoms with van der Waals surface area (Å²) in [5, 5.41) is 8.97. The Balaban J connectivity index is 2.30. The molecule has 0 aliphatic rings. The van der Waals surface area contributed by atoms with Crippen molar-refractivity contribution in [3.05, 3.63) is 69.7 Å². The van der Waals surface area contributed by atoms with Crippen LogP contribution in [0.2, 0.25) is 0 Å². The topological polar surface area (TPSA) is 23.8 Å². The third kappa shape index (κ3) is 3.05. The minimum atomic E-state index is 0.693. The van der Waals surface area contributed by atoms with E-state index in [1.807, 2.05) is 60.7 Å². The van der Waals surface area contributed by atoms with Crippen LogP contribution in [-0.2, 0) is 0 Å². The maximum Gasteiger partial charge on any atom is 0.0997 e. The molecular weight excluding hydrogens is 274 g/mol. The molecule has 0 radical (unpaired) electrons. The van der Waals surface area contributed by atoms with E-state index in [9.17, 15) is 0 Å². The van der Waals surface area contributed by atoms with Crippen LogP contribution in [0.4, 0.5) is 0 Å². The summed E-state index contributed by atoms with van der Waals surface area (Å²) >= 11 is 3.43. The van der Waals surface area contributed by atoms with Crippen LogP contribution in [0.1, 0.15) is 16.7 Å². The van der Waals surface area contributed by atoms with Crippen molar-refractivity contribution >= 4 is 28.1 Å². The maximum absolute atomic E-state index is 8.97. The summed E-state index contributed by atoms with van der Waals surface area (Å²) in [5.74, 6) is 0. The quantitative estimate of drug-likeness (QED) is 0.745. The Hall–Kier alpha value is -1.85. The third-order valence-electron chi connectivity index (χ3n) is 2.39. The molecule has 0 heterocycles. The largest absolute Gasteiger partial charge is 0.192 e. The summed E-state index contributed by atoms with van der Waals surface area (Å²) < 4.78 is 1.05. The Morgan fingerprint density at radius 3 is 2.59 bits per heavy atom. The van der Waals surface area contributed by atoms with Gasteiger partial charge in [-0.05, 0) is 29.3 Å². The van der Waals surface area contributed by atoms with Gasteiger partial charge in [0.15, 0.2) is 0 Å². The molecule has 0 aliphatic heterocycles. The lowest BCUT2D eigenvalue weighted by molar-refractivity contribution is 1.47. The van der Waals surface area contributed by atoms with Gasteiger partial charge < -0.3 is 0 Å². The van der Waals surface area contributed by atoms with Crippen LogP contribution in [0.3, 0.4) is 0 Å². The van der Waals surface area contributed by atoms with Gasteiger partial charge in [0, 0.05) is 4.47 Å². The molecule has 1 nitrogen and oxygen atoms in total. The van der Waals surface area contributed by atoms with Gasteiger partial charge in [0.25, 0.3) is 0 Å². The molecule has 0 saturated heterocycles. The Bertz CT molecular complexity index is 594. The summed E-state index contributed by atoms with van der Waals surface area (Å²) in [4.78, 5) is 0. The minimum absolute atomic E-state index is 0.693. The normalized spacial score (nSPS) is 10.4. The second-order valence-corrected chi connectivity index (χ2v) is 4.50. The molecule has 0 N–H and O–H groups in total. The number of nitrogens with zero attached hydrogens (tertiary/aromatic N) is 1. The molecule has 2 heteroatoms. The summed E-state index contributed by atoms with van der Waals surface area (Å²) in [5.41, 5.74) is 2.74. The fourth-order valence-corrected chi connectivity index (χ4v) is 1.96. The van der Waals surface area contributed by atoms with Crippen molar-refractivity contribution in [3.63, 3.8) is 0 Å². The molecule has 82 valence electrons. The van der Waals surface area contributed by atoms with E-state index in [0.29, 0.717) is 5.56 Å². The van der Waals surface area contributed by atoms with Crippen molar-refractivity contribution in [3.8, 4) is 6.07 Å². The van der Waals surface area contributed by atoms with Crippen molar-refractivity contribution < 1.29 is 0 Å². The van der Waals surface area contributed by atoms with Crippen molar-refractivity contribution in [1.82, 2.24) is 0 Å². The van der Waals surface area contributed by atoms with Gasteiger partial charge in [-0.1, -0.05) is 58.4 Å². The van der Waals surface area contributed by atoms with Crippen molar-refractivity contribution in [2.45, 2.75) is 0 Å². The average molecular weight is 284 g/mol. The zero-order chi connectivity index (χ0) is 12.1. The lowest BCUT2D eigenvalue weighted by Gasteiger charge is -1.97. The highest BCUT2D eigenvalue weighted by atomic mass is 79.9. The summed E-state index contributed by atoms with van der Waals surface area (Å²) in [6.07, 6.45) is 3.96. The molecule has 2 rings (SSSR count). The molecular formula is C15H10BrN. The second kappa shape index (κ2) is 5.47. The highest BCUT2D eigenvalue weighted by Crippen LogP contribution is 2.15. The average Bonchev–Trinajstić information content (AvgIpc) is 2.37. The molecule has 0 amide bonds. The van der Waals surface area contributed by atoms with Gasteiger partial charge in [-0.3, -0.25) is 0 Å². The van der Waals surface area contributed by atoms with Gasteiger partial charge in [0.2, 0.25) is 0 Å². The molecule has 0 aromatic heterocycles. The van der Waals surface area contributed by atoms with Crippen LogP contribution >= 0.6 is 15.9 Å². The van der Waals surface area contributed by atoms with E-state index in [-0.39, 0.29) is 0 Å². The molecule has 17 heavy (non-hydrogen) atoms. The van der Waals surface area contributed by atoms with E-state index < -0.39 is 0 Å². The lowest BCUT2D eigenvalue weighted by atomic mass is 10.1. The van der Waals surface area contributed by atoms with Gasteiger partial charge in [0.1, 0.15) is 0 Å². The summed E-state index contributed by atoms with van der Waals surface area (Å²) in [6.45, 7) is 0. The molecule has 0 atom stereocenters. The zero-order valence-corrected chi connectivity index (χ0v) is 10.7. The number of benzene rings is 2. The molecule has 0 fully saturated rings. The monoisotopic (exact) mass is 283 g/mol. The van der Waals surface area contributed by atoms with E-state index in [1.54, 1.807) is 0 Å². The van der Waals surface area contributed by atoms with E-state index in [0.717, 1.165) is 15.6 Å². The predicted octanol–water partition coefficient (Wildman–Crippen LogP) is 4.49. The Morgan fingerprint density at radius 2 is 1.82 bits per heavy atom. The number of halogens is 1. The van der Waals surface area contributed by atoms with Gasteiger partial charge in [-0.2, -0.15) is 5.26 Å². The van der Waals surface area contributed by atoms with E-state index in [4.69, 9.17) is 5.26 Å². The number of rotatable bonds is 2. The first kappa shape index (κ1) is 11.6. The third-order valence-corrected chi connectivity index (χ3v) is 2.88. The Labute approximate surface area is 109 Å². The maximum atomic E-state index is 8.97. The Kier molecular flexibility index (Phi) is 3.74. The van der Waals surface area contributed by atoms with Crippen LogP contribution < -0.4 is 0 Å². The Morgan fingerprint density at radius 1 is 1.00 bits per heavy atom. The lowest BCUT2D eigenvalue weighted by Crippen LogP contribution is -1.80. The molecule has 0 saturated carbocycles. The highest BCUT2D eigenvalue weighted by Gasteiger charge is 1.95. The van der Waals surface area contributed by atoms with Crippen molar-refractivity contribution in [2.24, 2.45) is 0 Å². The first-order valence-electron chi connectivity index (χ1n) is 5.22. The van der Waals surface area contributed by atoms with Crippen LogP contribution in [0.15, 0.2) is 53.0 Å². The van der Waals surface area contributed by atoms with Crippen molar-refractivity contribution in [2.75, 3.05) is 0 Å². The summed E-state index contributed by atoms with van der Waals surface area (Å²) in [6, 6.07) is 17.8. The van der Waals surface area contributed by atoms with Gasteiger partial charge in [-0.15, -0.1) is 0 Å². The first-order valence-corrected chi connectivity index (χ1v) is 6.01. The smallest absolute Gasteiger partial charge is 0.0997 e. The summed E-state index contributed by atoms with van der Waals surface area (Å²) in [7, 11) is 0. The number of hydrogen-bond acceptors (Lipinski definition) is 1. The van der Waals surface area contributed by atoms with Crippen LogP contribution in [0.25, 0.3) is 12.2 Å². The van der Waals surface area contributed by atoms with Crippen LogP contribution in [0, 0.1) is 11.3 Å². The van der Waals surface area contributed by atoms with E-state index in [1.165, 1.54) is 0 Å². The van der Waals surface area contributed by atoms with E-state index in [2.05, 4.69) is 22.0 Å². The molecule has 2 aromatic rings. The standard InChI is InChI=1S/C15H10BrN/c16-15-7-3-4-12(10-15)8-9-13-5-1-2-6-14(13)11-17/h1-10H/b9-8+. The predicted molar refractivity (Wildman–Crippen MR) is 74.2 cm³/mol. The molecule has 0 spiro atoms. The first-order chi connectivity index (χ1) is 8.29. The highest BCUT2D eigenvalue weighted by molar-refractivity contribution is 9.10. The zero-order valence-electron chi connectivity index (χ0n) is 9.10. The molecule has 0 unspecified atom stereocenters. The SMILES string of the molecule is N#Cc1ccccc1/C=C/c1cccc(Br)c1. The minimum Gasteiger partial charge on any atom is -0.192 e. The number of nitriles is 1. The fourth-order valence-electron chi connectivity index (χ4n) is 1.54. The molecule has 2 aromatic carbocycles. The number of hydrogen-bond donors (Lipinski definition) is 0. The van der Waals surface area contributed by atoms with E-state index >= 15 is 0 Å². The van der Waals surface area contributed by atoms with Gasteiger partial charge >= 0.3 is 0 Å². The van der Waals surface area contributed by atoms with Gasteiger partial charge in [-0.25, -0.2) is 0 Å². The van der Waals surface area contributed by atoms with Crippen molar-refractivity contribution in [1.29, 1.82) is 5.26 Å². The fraction of sp³-hybridized carbons (Fsp3) is 0. The van der Waals surface area contributed by atoms with Gasteiger partial charge in [0.05, 0.1) is 11.6 Å². The second-order valence-electron chi connectivity index (χ2n) is 3.59. The molecule has 0 aliphatic carbocycles. The van der Waals surface area contributed by atoms with Crippen LogP contribution in [-0.4, -0.2) is 0 Å².